The van der Waals surface area contributed by atoms with E-state index < -0.39 is 34.8 Å². The summed E-state index contributed by atoms with van der Waals surface area (Å²) < 4.78 is 71.0. The Labute approximate surface area is 179 Å². The summed E-state index contributed by atoms with van der Waals surface area (Å²) in [5, 5.41) is 1.21. The molecular formula is C21H25F3N2O4S. The summed E-state index contributed by atoms with van der Waals surface area (Å²) in [6, 6.07) is 11.7. The van der Waals surface area contributed by atoms with Gasteiger partial charge in [0.15, 0.2) is 0 Å². The summed E-state index contributed by atoms with van der Waals surface area (Å²) in [6.45, 7) is 2.89. The van der Waals surface area contributed by atoms with E-state index in [4.69, 9.17) is 0 Å². The van der Waals surface area contributed by atoms with Crippen LogP contribution in [0.15, 0.2) is 47.4 Å². The summed E-state index contributed by atoms with van der Waals surface area (Å²) in [5.41, 5.74) is 0. The molecule has 1 fully saturated rings. The summed E-state index contributed by atoms with van der Waals surface area (Å²) in [5.74, 6) is -1.97. The Bertz CT molecular complexity index is 1020. The van der Waals surface area contributed by atoms with Gasteiger partial charge in [0.05, 0.1) is 4.90 Å². The molecule has 0 radical (unpaired) electrons. The van der Waals surface area contributed by atoms with Gasteiger partial charge in [0.2, 0.25) is 10.0 Å². The van der Waals surface area contributed by atoms with Crippen molar-refractivity contribution in [3.05, 3.63) is 42.5 Å². The third-order valence-corrected chi connectivity index (χ3v) is 6.73. The number of sulfonamides is 1. The first-order chi connectivity index (χ1) is 14.6. The minimum Gasteiger partial charge on any atom is -0.453 e. The normalized spacial score (nSPS) is 19.3. The molecule has 0 aromatic heterocycles. The molecule has 0 aliphatic carbocycles. The Morgan fingerprint density at radius 3 is 2.65 bits per heavy atom. The van der Waals surface area contributed by atoms with Crippen LogP contribution < -0.4 is 4.72 Å². The lowest BCUT2D eigenvalue weighted by atomic mass is 10.00. The summed E-state index contributed by atoms with van der Waals surface area (Å²) in [7, 11) is -4.05. The van der Waals surface area contributed by atoms with E-state index in [0.29, 0.717) is 29.8 Å². The number of nitrogens with one attached hydrogen (secondary N) is 1. The standard InChI is InChI=1S/C21H25F3N2O4S/c1-15-6-5-11-26(13-15)14-17(30-20(27)21(22,23)24)12-25-31(28,29)19-10-4-8-16-7-2-3-9-18(16)19/h2-4,7-10,15,17,25H,5-6,11-14H2,1H3/t15?,17-/m1/s1. The van der Waals surface area contributed by atoms with Crippen LogP contribution in [0.3, 0.4) is 0 Å². The van der Waals surface area contributed by atoms with Gasteiger partial charge in [-0.25, -0.2) is 17.9 Å². The molecule has 1 N–H and O–H groups in total. The number of alkyl halides is 3. The van der Waals surface area contributed by atoms with Crippen molar-refractivity contribution in [3.63, 3.8) is 0 Å². The number of nitrogens with zero attached hydrogens (tertiary/aromatic N) is 1. The molecule has 6 nitrogen and oxygen atoms in total. The molecule has 2 aromatic rings. The van der Waals surface area contributed by atoms with Gasteiger partial charge in [0, 0.05) is 25.0 Å². The maximum absolute atomic E-state index is 12.9. The third-order valence-electron chi connectivity index (χ3n) is 5.25. The van der Waals surface area contributed by atoms with Crippen LogP contribution in [0.1, 0.15) is 19.8 Å². The third kappa shape index (κ3) is 6.18. The summed E-state index contributed by atoms with van der Waals surface area (Å²) in [6.07, 6.45) is -4.54. The van der Waals surface area contributed by atoms with Gasteiger partial charge in [-0.05, 0) is 36.8 Å². The van der Waals surface area contributed by atoms with Gasteiger partial charge in [-0.1, -0.05) is 43.3 Å². The molecule has 1 aliphatic rings. The van der Waals surface area contributed by atoms with Crippen molar-refractivity contribution in [2.45, 2.75) is 36.9 Å². The molecule has 31 heavy (non-hydrogen) atoms. The first-order valence-electron chi connectivity index (χ1n) is 10.0. The fourth-order valence-corrected chi connectivity index (χ4v) is 5.11. The van der Waals surface area contributed by atoms with Gasteiger partial charge in [-0.3, -0.25) is 4.90 Å². The molecule has 0 bridgehead atoms. The zero-order valence-electron chi connectivity index (χ0n) is 17.1. The van der Waals surface area contributed by atoms with Gasteiger partial charge in [-0.2, -0.15) is 13.2 Å². The van der Waals surface area contributed by atoms with Gasteiger partial charge >= 0.3 is 12.1 Å². The van der Waals surface area contributed by atoms with Crippen LogP contribution >= 0.6 is 0 Å². The van der Waals surface area contributed by atoms with Crippen LogP contribution in [0.5, 0.6) is 0 Å². The van der Waals surface area contributed by atoms with Gasteiger partial charge < -0.3 is 4.74 Å². The monoisotopic (exact) mass is 458 g/mol. The van der Waals surface area contributed by atoms with Crippen LogP contribution in [-0.4, -0.2) is 57.7 Å². The number of piperidine rings is 1. The first kappa shape index (κ1) is 23.5. The van der Waals surface area contributed by atoms with E-state index in [1.54, 1.807) is 36.4 Å². The van der Waals surface area contributed by atoms with E-state index in [2.05, 4.69) is 9.46 Å². The van der Waals surface area contributed by atoms with Crippen molar-refractivity contribution < 1.29 is 31.1 Å². The van der Waals surface area contributed by atoms with Crippen LogP contribution in [0, 0.1) is 5.92 Å². The van der Waals surface area contributed by atoms with Crippen LogP contribution in [0.25, 0.3) is 10.8 Å². The average molecular weight is 459 g/mol. The molecule has 0 saturated carbocycles. The number of esters is 1. The first-order valence-corrected chi connectivity index (χ1v) is 11.5. The quantitative estimate of drug-likeness (QED) is 0.645. The van der Waals surface area contributed by atoms with Crippen LogP contribution in [0.4, 0.5) is 13.2 Å². The highest BCUT2D eigenvalue weighted by Gasteiger charge is 2.42. The molecule has 2 atom stereocenters. The van der Waals surface area contributed by atoms with Gasteiger partial charge in [0.25, 0.3) is 0 Å². The van der Waals surface area contributed by atoms with E-state index in [9.17, 15) is 26.4 Å². The smallest absolute Gasteiger partial charge is 0.453 e. The van der Waals surface area contributed by atoms with Gasteiger partial charge in [0.1, 0.15) is 6.10 Å². The molecule has 0 spiro atoms. The highest BCUT2D eigenvalue weighted by atomic mass is 32.2. The number of halogens is 3. The number of carbonyl (C=O) groups excluding carboxylic acids is 1. The van der Waals surface area contributed by atoms with E-state index in [-0.39, 0.29) is 11.4 Å². The molecule has 10 heteroatoms. The highest BCUT2D eigenvalue weighted by molar-refractivity contribution is 7.89. The lowest BCUT2D eigenvalue weighted by Gasteiger charge is -2.33. The second-order valence-electron chi connectivity index (χ2n) is 7.86. The molecule has 1 saturated heterocycles. The van der Waals surface area contributed by atoms with Gasteiger partial charge in [-0.15, -0.1) is 0 Å². The van der Waals surface area contributed by atoms with Crippen molar-refractivity contribution in [1.29, 1.82) is 0 Å². The van der Waals surface area contributed by atoms with Crippen molar-refractivity contribution in [2.75, 3.05) is 26.2 Å². The predicted octanol–water partition coefficient (Wildman–Crippen LogP) is 3.32. The number of likely N-dealkylation sites (tertiary alicyclic amines) is 1. The molecular weight excluding hydrogens is 433 g/mol. The largest absolute Gasteiger partial charge is 0.490 e. The number of benzene rings is 2. The summed E-state index contributed by atoms with van der Waals surface area (Å²) >= 11 is 0. The molecule has 170 valence electrons. The molecule has 1 aliphatic heterocycles. The highest BCUT2D eigenvalue weighted by Crippen LogP contribution is 2.23. The summed E-state index contributed by atoms with van der Waals surface area (Å²) in [4.78, 5) is 13.3. The van der Waals surface area contributed by atoms with Crippen molar-refractivity contribution >= 4 is 26.8 Å². The number of hydrogen-bond acceptors (Lipinski definition) is 5. The molecule has 0 amide bonds. The Morgan fingerprint density at radius 2 is 1.94 bits per heavy atom. The number of fused-ring (bicyclic) bond motifs is 1. The molecule has 1 unspecified atom stereocenters. The maximum Gasteiger partial charge on any atom is 0.490 e. The second-order valence-corrected chi connectivity index (χ2v) is 9.60. The van der Waals surface area contributed by atoms with Crippen LogP contribution in [0.2, 0.25) is 0 Å². The minimum atomic E-state index is -5.15. The fourth-order valence-electron chi connectivity index (χ4n) is 3.81. The molecule has 1 heterocycles. The van der Waals surface area contributed by atoms with Crippen molar-refractivity contribution in [1.82, 2.24) is 9.62 Å². The van der Waals surface area contributed by atoms with Crippen LogP contribution in [-0.2, 0) is 19.6 Å². The van der Waals surface area contributed by atoms with E-state index in [0.717, 1.165) is 12.8 Å². The predicted molar refractivity (Wildman–Crippen MR) is 110 cm³/mol. The Hall–Kier alpha value is -2.17. The topological polar surface area (TPSA) is 75.7 Å². The van der Waals surface area contributed by atoms with Crippen molar-refractivity contribution in [3.8, 4) is 0 Å². The fraction of sp³-hybridized carbons (Fsp3) is 0.476. The number of carbonyl (C=O) groups is 1. The number of rotatable bonds is 7. The lowest BCUT2D eigenvalue weighted by Crippen LogP contribution is -2.46. The molecule has 2 aromatic carbocycles. The maximum atomic E-state index is 12.9. The lowest BCUT2D eigenvalue weighted by molar-refractivity contribution is -0.205. The zero-order chi connectivity index (χ0) is 22.6. The average Bonchev–Trinajstić information content (AvgIpc) is 2.71. The Morgan fingerprint density at radius 1 is 1.23 bits per heavy atom. The van der Waals surface area contributed by atoms with E-state index in [1.807, 2.05) is 11.8 Å². The second kappa shape index (κ2) is 9.54. The van der Waals surface area contributed by atoms with E-state index >= 15 is 0 Å². The Balaban J connectivity index is 1.77. The molecule has 3 rings (SSSR count). The number of ether oxygens (including phenoxy) is 1. The Kier molecular flexibility index (Phi) is 7.23. The van der Waals surface area contributed by atoms with Crippen molar-refractivity contribution in [2.24, 2.45) is 5.92 Å². The van der Waals surface area contributed by atoms with E-state index in [1.165, 1.54) is 6.07 Å². The zero-order valence-corrected chi connectivity index (χ0v) is 17.9. The minimum absolute atomic E-state index is 0.0121. The number of hydrogen-bond donors (Lipinski definition) is 1. The SMILES string of the molecule is CC1CCCN(C[C@@H](CNS(=O)(=O)c2cccc3ccccc23)OC(=O)C(F)(F)F)C1.